The van der Waals surface area contributed by atoms with Crippen LogP contribution in [-0.4, -0.2) is 12.5 Å². The van der Waals surface area contributed by atoms with Crippen LogP contribution in [0.3, 0.4) is 0 Å². The van der Waals surface area contributed by atoms with E-state index in [2.05, 4.69) is 114 Å². The number of benzene rings is 3. The first kappa shape index (κ1) is 16.2. The van der Waals surface area contributed by atoms with Gasteiger partial charge in [-0.15, -0.1) is 0 Å². The Morgan fingerprint density at radius 3 is 1.43 bits per heavy atom. The van der Waals surface area contributed by atoms with Crippen LogP contribution in [-0.2, 0) is 0 Å². The third-order valence-corrected chi connectivity index (χ3v) is 9.08. The van der Waals surface area contributed by atoms with Crippen LogP contribution in [0, 0.1) is 0 Å². The van der Waals surface area contributed by atoms with Gasteiger partial charge in [0.15, 0.2) is 0 Å². The second kappa shape index (κ2) is 7.29. The first-order chi connectivity index (χ1) is 11.2. The summed E-state index contributed by atoms with van der Waals surface area (Å²) in [6, 6.07) is 32.6. The Kier molecular flexibility index (Phi) is 5.14. The van der Waals surface area contributed by atoms with Gasteiger partial charge in [0.25, 0.3) is 0 Å². The molecule has 0 spiro atoms. The van der Waals surface area contributed by atoms with Crippen molar-refractivity contribution in [3.05, 3.63) is 102 Å². The van der Waals surface area contributed by atoms with Crippen molar-refractivity contribution in [3.63, 3.8) is 0 Å². The highest BCUT2D eigenvalue weighted by Gasteiger charge is 2.24. The van der Waals surface area contributed by atoms with Gasteiger partial charge in [-0.05, 0) is 40.7 Å². The minimum absolute atomic E-state index is 0.364. The van der Waals surface area contributed by atoms with Gasteiger partial charge in [-0.3, -0.25) is 0 Å². The van der Waals surface area contributed by atoms with Gasteiger partial charge in [-0.25, -0.2) is 0 Å². The predicted octanol–water partition coefficient (Wildman–Crippen LogP) is 6.55. The van der Waals surface area contributed by atoms with Crippen molar-refractivity contribution in [1.82, 2.24) is 0 Å². The molecule has 0 aromatic heterocycles. The molecule has 3 aromatic rings. The van der Waals surface area contributed by atoms with E-state index in [4.69, 9.17) is 0 Å². The molecule has 0 atom stereocenters. The fourth-order valence-corrected chi connectivity index (χ4v) is 7.32. The summed E-state index contributed by atoms with van der Waals surface area (Å²) in [6.07, 6.45) is 4.79. The first-order valence-electron chi connectivity index (χ1n) is 7.73. The van der Waals surface area contributed by atoms with Crippen LogP contribution >= 0.6 is 19.9 Å². The molecular weight excluding hydrogens is 316 g/mol. The molecule has 3 rings (SSSR count). The van der Waals surface area contributed by atoms with E-state index in [0.717, 1.165) is 0 Å². The summed E-state index contributed by atoms with van der Waals surface area (Å²) in [5.41, 5.74) is 2.75. The summed E-state index contributed by atoms with van der Waals surface area (Å²) in [6.45, 7) is 0. The lowest BCUT2D eigenvalue weighted by Gasteiger charge is -2.35. The molecule has 0 heterocycles. The summed E-state index contributed by atoms with van der Waals surface area (Å²) in [5.74, 6) is 0. The van der Waals surface area contributed by atoms with Crippen molar-refractivity contribution < 1.29 is 0 Å². The monoisotopic (exact) mass is 338 g/mol. The third kappa shape index (κ3) is 4.01. The Morgan fingerprint density at radius 1 is 0.609 bits per heavy atom. The summed E-state index contributed by atoms with van der Waals surface area (Å²) in [4.78, 5) is 1.45. The summed E-state index contributed by atoms with van der Waals surface area (Å²) in [7, 11) is 1.15. The van der Waals surface area contributed by atoms with Gasteiger partial charge in [0.05, 0.1) is 5.25 Å². The largest absolute Gasteiger partial charge is 0.171 e. The van der Waals surface area contributed by atoms with Crippen LogP contribution in [0.25, 0.3) is 0 Å². The molecular formula is C21H22S2. The fraction of sp³-hybridized carbons (Fsp3) is 0.143. The Labute approximate surface area is 144 Å². The molecule has 23 heavy (non-hydrogen) atoms. The van der Waals surface area contributed by atoms with Crippen molar-refractivity contribution in [3.8, 4) is 0 Å². The zero-order chi connectivity index (χ0) is 16.1. The molecule has 118 valence electrons. The highest BCUT2D eigenvalue weighted by atomic mass is 33.2. The van der Waals surface area contributed by atoms with E-state index in [0.29, 0.717) is 5.25 Å². The number of hydrogen-bond donors (Lipinski definition) is 0. The van der Waals surface area contributed by atoms with Crippen LogP contribution in [0.2, 0.25) is 0 Å². The molecule has 0 amide bonds. The van der Waals surface area contributed by atoms with E-state index in [1.807, 2.05) is 0 Å². The quantitative estimate of drug-likeness (QED) is 0.475. The van der Waals surface area contributed by atoms with Gasteiger partial charge in [-0.1, -0.05) is 89.7 Å². The summed E-state index contributed by atoms with van der Waals surface area (Å²) in [5, 5.41) is 0.364. The van der Waals surface area contributed by atoms with Crippen molar-refractivity contribution in [1.29, 1.82) is 0 Å². The van der Waals surface area contributed by atoms with Crippen LogP contribution in [0.4, 0.5) is 0 Å². The molecule has 0 N–H and O–H groups in total. The van der Waals surface area contributed by atoms with Gasteiger partial charge in [-0.2, -0.15) is 9.06 Å². The third-order valence-electron chi connectivity index (χ3n) is 3.85. The second-order valence-electron chi connectivity index (χ2n) is 5.84. The van der Waals surface area contributed by atoms with Crippen molar-refractivity contribution in [2.75, 3.05) is 12.5 Å². The van der Waals surface area contributed by atoms with Gasteiger partial charge >= 0.3 is 0 Å². The number of hydrogen-bond acceptors (Lipinski definition) is 1. The van der Waals surface area contributed by atoms with Crippen molar-refractivity contribution >= 4 is 19.9 Å². The van der Waals surface area contributed by atoms with Crippen LogP contribution in [0.5, 0.6) is 0 Å². The molecule has 0 unspecified atom stereocenters. The molecule has 0 fully saturated rings. The molecule has 0 radical (unpaired) electrons. The zero-order valence-electron chi connectivity index (χ0n) is 13.6. The zero-order valence-corrected chi connectivity index (χ0v) is 15.2. The smallest absolute Gasteiger partial charge is 0.0638 e. The fourth-order valence-electron chi connectivity index (χ4n) is 2.60. The molecule has 3 aromatic carbocycles. The normalized spacial score (nSPS) is 12.3. The van der Waals surface area contributed by atoms with Crippen LogP contribution in [0.15, 0.2) is 95.9 Å². The standard InChI is InChI=1S/C21H22S2/c1-23(2,20-16-10-5-11-17-20)22-21(18-12-6-3-7-13-18)19-14-8-4-9-15-19/h3-17,21H,1-2H3. The van der Waals surface area contributed by atoms with Crippen molar-refractivity contribution in [2.24, 2.45) is 0 Å². The lowest BCUT2D eigenvalue weighted by molar-refractivity contribution is 1.16. The lowest BCUT2D eigenvalue weighted by Crippen LogP contribution is -2.01. The topological polar surface area (TPSA) is 0 Å². The molecule has 0 aliphatic heterocycles. The Morgan fingerprint density at radius 2 is 1.00 bits per heavy atom. The predicted molar refractivity (Wildman–Crippen MR) is 106 cm³/mol. The average molecular weight is 339 g/mol. The van der Waals surface area contributed by atoms with Gasteiger partial charge in [0.2, 0.25) is 0 Å². The Balaban J connectivity index is 1.97. The second-order valence-corrected chi connectivity index (χ2v) is 12.5. The molecule has 0 aliphatic rings. The van der Waals surface area contributed by atoms with Crippen molar-refractivity contribution in [2.45, 2.75) is 10.1 Å². The average Bonchev–Trinajstić information content (AvgIpc) is 2.62. The SMILES string of the molecule is CS(C)(SC(c1ccccc1)c1ccccc1)c1ccccc1. The van der Waals surface area contributed by atoms with Crippen LogP contribution < -0.4 is 0 Å². The summed E-state index contributed by atoms with van der Waals surface area (Å²) >= 11 is 0. The van der Waals surface area contributed by atoms with E-state index in [-0.39, 0.29) is 0 Å². The van der Waals surface area contributed by atoms with E-state index < -0.39 is 9.06 Å². The van der Waals surface area contributed by atoms with Gasteiger partial charge in [0, 0.05) is 0 Å². The molecule has 0 saturated carbocycles. The maximum atomic E-state index is 2.39. The minimum Gasteiger partial charge on any atom is -0.171 e. The summed E-state index contributed by atoms with van der Waals surface area (Å²) < 4.78 is 0. The molecule has 0 saturated heterocycles. The van der Waals surface area contributed by atoms with Crippen LogP contribution in [0.1, 0.15) is 16.4 Å². The Hall–Kier alpha value is -1.64. The minimum atomic E-state index is -0.939. The van der Waals surface area contributed by atoms with E-state index in [1.54, 1.807) is 0 Å². The Bertz CT molecular complexity index is 682. The molecule has 0 nitrogen and oxygen atoms in total. The lowest BCUT2D eigenvalue weighted by atomic mass is 10.0. The maximum absolute atomic E-state index is 2.39. The van der Waals surface area contributed by atoms with Gasteiger partial charge in [0.1, 0.15) is 0 Å². The molecule has 2 heteroatoms. The maximum Gasteiger partial charge on any atom is 0.0638 e. The number of rotatable bonds is 5. The first-order valence-corrected chi connectivity index (χ1v) is 11.6. The highest BCUT2D eigenvalue weighted by Crippen LogP contribution is 2.66. The molecule has 0 bridgehead atoms. The highest BCUT2D eigenvalue weighted by molar-refractivity contribution is 8.93. The van der Waals surface area contributed by atoms with E-state index in [1.165, 1.54) is 16.0 Å². The van der Waals surface area contributed by atoms with E-state index >= 15 is 0 Å². The molecule has 0 aliphatic carbocycles. The van der Waals surface area contributed by atoms with E-state index in [9.17, 15) is 0 Å². The van der Waals surface area contributed by atoms with Gasteiger partial charge < -0.3 is 0 Å².